The molecule has 5 heteroatoms. The number of urea groups is 1. The van der Waals surface area contributed by atoms with Gasteiger partial charge in [0.2, 0.25) is 0 Å². The van der Waals surface area contributed by atoms with Crippen LogP contribution in [0, 0.1) is 0 Å². The molecule has 0 aliphatic rings. The van der Waals surface area contributed by atoms with Crippen LogP contribution in [-0.4, -0.2) is 22.5 Å². The number of nitrogens with one attached hydrogen (secondary N) is 2. The molecule has 5 aromatic rings. The number of benzene rings is 4. The van der Waals surface area contributed by atoms with E-state index >= 15 is 0 Å². The number of fused-ring (bicyclic) bond motifs is 7. The molecule has 0 radical (unpaired) electrons. The van der Waals surface area contributed by atoms with Gasteiger partial charge in [-0.3, -0.25) is 0 Å². The van der Waals surface area contributed by atoms with E-state index in [2.05, 4.69) is 41.5 Å². The Bertz CT molecular complexity index is 1420. The lowest BCUT2D eigenvalue weighted by Gasteiger charge is -2.11. The molecule has 0 saturated carbocycles. The molecule has 5 nitrogen and oxygen atoms in total. The minimum Gasteiger partial charge on any atom is -0.334 e. The molecule has 1 heterocycles. The predicted molar refractivity (Wildman–Crippen MR) is 119 cm³/mol. The molecule has 0 saturated heterocycles. The lowest BCUT2D eigenvalue weighted by molar-refractivity contribution is 0.253. The van der Waals surface area contributed by atoms with Gasteiger partial charge in [0, 0.05) is 23.0 Å². The maximum atomic E-state index is 11.9. The van der Waals surface area contributed by atoms with Crippen LogP contribution in [0.1, 0.15) is 0 Å². The highest BCUT2D eigenvalue weighted by Crippen LogP contribution is 2.34. The molecule has 2 N–H and O–H groups in total. The maximum Gasteiger partial charge on any atom is 0.319 e. The summed E-state index contributed by atoms with van der Waals surface area (Å²) in [6, 6.07) is 21.8. The van der Waals surface area contributed by atoms with E-state index < -0.39 is 0 Å². The van der Waals surface area contributed by atoms with Crippen molar-refractivity contribution in [2.75, 3.05) is 11.9 Å². The van der Waals surface area contributed by atoms with E-state index in [-0.39, 0.29) is 6.03 Å². The van der Waals surface area contributed by atoms with Gasteiger partial charge in [-0.15, -0.1) is 6.58 Å². The van der Waals surface area contributed by atoms with Gasteiger partial charge in [-0.2, -0.15) is 0 Å². The quantitative estimate of drug-likeness (QED) is 0.251. The lowest BCUT2D eigenvalue weighted by atomic mass is 9.99. The van der Waals surface area contributed by atoms with Gasteiger partial charge in [0.25, 0.3) is 0 Å². The third-order valence-electron chi connectivity index (χ3n) is 4.98. The summed E-state index contributed by atoms with van der Waals surface area (Å²) in [6.45, 7) is 4.00. The Hall–Kier alpha value is -3.99. The summed E-state index contributed by atoms with van der Waals surface area (Å²) < 4.78 is 0. The van der Waals surface area contributed by atoms with Crippen LogP contribution in [0.4, 0.5) is 10.5 Å². The van der Waals surface area contributed by atoms with E-state index in [4.69, 9.17) is 9.97 Å². The van der Waals surface area contributed by atoms with Gasteiger partial charge in [-0.1, -0.05) is 54.6 Å². The molecule has 2 amide bonds. The van der Waals surface area contributed by atoms with Crippen LogP contribution in [0.25, 0.3) is 43.6 Å². The molecule has 0 spiro atoms. The fourth-order valence-electron chi connectivity index (χ4n) is 3.70. The molecule has 0 unspecified atom stereocenters. The average Bonchev–Trinajstić information content (AvgIpc) is 2.77. The second-order valence-electron chi connectivity index (χ2n) is 6.84. The maximum absolute atomic E-state index is 11.9. The first-order valence-electron chi connectivity index (χ1n) is 9.41. The van der Waals surface area contributed by atoms with Crippen molar-refractivity contribution < 1.29 is 4.79 Å². The van der Waals surface area contributed by atoms with Gasteiger partial charge >= 0.3 is 6.03 Å². The van der Waals surface area contributed by atoms with Crippen LogP contribution in [-0.2, 0) is 0 Å². The van der Waals surface area contributed by atoms with E-state index in [1.807, 2.05) is 42.5 Å². The molecule has 29 heavy (non-hydrogen) atoms. The fourth-order valence-corrected chi connectivity index (χ4v) is 3.70. The van der Waals surface area contributed by atoms with Crippen LogP contribution in [0.3, 0.4) is 0 Å². The Labute approximate surface area is 167 Å². The van der Waals surface area contributed by atoms with Crippen LogP contribution in [0.15, 0.2) is 79.4 Å². The van der Waals surface area contributed by atoms with Gasteiger partial charge < -0.3 is 10.6 Å². The SMILES string of the molecule is C=CCNC(=O)Nc1ccc2nc3c4ccccc4c4ccccc4c3nc2c1. The summed E-state index contributed by atoms with van der Waals surface area (Å²) in [5.41, 5.74) is 3.93. The van der Waals surface area contributed by atoms with Crippen molar-refractivity contribution in [1.82, 2.24) is 15.3 Å². The highest BCUT2D eigenvalue weighted by atomic mass is 16.2. The Morgan fingerprint density at radius 3 is 2.03 bits per heavy atom. The molecular weight excluding hydrogens is 360 g/mol. The average molecular weight is 378 g/mol. The molecule has 5 rings (SSSR count). The summed E-state index contributed by atoms with van der Waals surface area (Å²) in [7, 11) is 0. The van der Waals surface area contributed by atoms with E-state index in [1.165, 1.54) is 5.39 Å². The largest absolute Gasteiger partial charge is 0.334 e. The Morgan fingerprint density at radius 2 is 1.41 bits per heavy atom. The first-order valence-corrected chi connectivity index (χ1v) is 9.41. The second-order valence-corrected chi connectivity index (χ2v) is 6.84. The smallest absolute Gasteiger partial charge is 0.319 e. The summed E-state index contributed by atoms with van der Waals surface area (Å²) in [6.07, 6.45) is 1.63. The summed E-state index contributed by atoms with van der Waals surface area (Å²) in [5, 5.41) is 9.99. The zero-order valence-corrected chi connectivity index (χ0v) is 15.6. The molecule has 140 valence electrons. The molecule has 0 atom stereocenters. The number of anilines is 1. The molecule has 4 aromatic carbocycles. The summed E-state index contributed by atoms with van der Waals surface area (Å²) in [5.74, 6) is 0. The number of hydrogen-bond acceptors (Lipinski definition) is 3. The van der Waals surface area contributed by atoms with Crippen molar-refractivity contribution >= 4 is 55.3 Å². The molecule has 0 aliphatic carbocycles. The molecular formula is C24H18N4O. The minimum absolute atomic E-state index is 0.283. The van der Waals surface area contributed by atoms with Crippen LogP contribution < -0.4 is 10.6 Å². The number of amides is 2. The number of aromatic nitrogens is 2. The highest BCUT2D eigenvalue weighted by molar-refractivity contribution is 6.23. The normalized spacial score (nSPS) is 11.2. The Kier molecular flexibility index (Phi) is 4.06. The predicted octanol–water partition coefficient (Wildman–Crippen LogP) is 5.40. The fraction of sp³-hybridized carbons (Fsp3) is 0.0417. The van der Waals surface area contributed by atoms with Crippen molar-refractivity contribution in [3.63, 3.8) is 0 Å². The van der Waals surface area contributed by atoms with E-state index in [1.54, 1.807) is 6.08 Å². The molecule has 0 fully saturated rings. The standard InChI is InChI=1S/C24H18N4O/c1-2-13-25-24(29)26-15-11-12-20-21(14-15)28-23-19-10-6-4-8-17(19)16-7-3-5-9-18(16)22(23)27-20/h2-12,14H,1,13H2,(H2,25,26,29). The summed E-state index contributed by atoms with van der Waals surface area (Å²) in [4.78, 5) is 21.8. The number of rotatable bonds is 3. The van der Waals surface area contributed by atoms with Gasteiger partial charge in [0.1, 0.15) is 0 Å². The third kappa shape index (κ3) is 2.93. The topological polar surface area (TPSA) is 66.9 Å². The zero-order valence-electron chi connectivity index (χ0n) is 15.6. The first-order chi connectivity index (χ1) is 14.2. The highest BCUT2D eigenvalue weighted by Gasteiger charge is 2.12. The van der Waals surface area contributed by atoms with Crippen molar-refractivity contribution in [2.45, 2.75) is 0 Å². The number of carbonyl (C=O) groups is 1. The van der Waals surface area contributed by atoms with Gasteiger partial charge in [0.15, 0.2) is 0 Å². The lowest BCUT2D eigenvalue weighted by Crippen LogP contribution is -2.28. The van der Waals surface area contributed by atoms with Crippen LogP contribution in [0.2, 0.25) is 0 Å². The van der Waals surface area contributed by atoms with Crippen molar-refractivity contribution in [3.8, 4) is 0 Å². The van der Waals surface area contributed by atoms with Crippen LogP contribution in [0.5, 0.6) is 0 Å². The van der Waals surface area contributed by atoms with Crippen LogP contribution >= 0.6 is 0 Å². The molecule has 0 bridgehead atoms. The van der Waals surface area contributed by atoms with E-state index in [0.29, 0.717) is 12.2 Å². The zero-order chi connectivity index (χ0) is 19.8. The summed E-state index contributed by atoms with van der Waals surface area (Å²) >= 11 is 0. The molecule has 0 aliphatic heterocycles. The van der Waals surface area contributed by atoms with E-state index in [0.717, 1.165) is 38.2 Å². The van der Waals surface area contributed by atoms with Crippen molar-refractivity contribution in [1.29, 1.82) is 0 Å². The van der Waals surface area contributed by atoms with E-state index in [9.17, 15) is 4.79 Å². The molecule has 1 aromatic heterocycles. The number of carbonyl (C=O) groups excluding carboxylic acids is 1. The second kappa shape index (κ2) is 6.87. The third-order valence-corrected chi connectivity index (χ3v) is 4.98. The van der Waals surface area contributed by atoms with Gasteiger partial charge in [0.05, 0.1) is 22.1 Å². The number of hydrogen-bond donors (Lipinski definition) is 2. The van der Waals surface area contributed by atoms with Gasteiger partial charge in [-0.05, 0) is 29.0 Å². The Morgan fingerprint density at radius 1 is 0.828 bits per heavy atom. The van der Waals surface area contributed by atoms with Crippen molar-refractivity contribution in [2.24, 2.45) is 0 Å². The van der Waals surface area contributed by atoms with Crippen molar-refractivity contribution in [3.05, 3.63) is 79.4 Å². The monoisotopic (exact) mass is 378 g/mol. The Balaban J connectivity index is 1.74. The number of nitrogens with zero attached hydrogens (tertiary/aromatic N) is 2. The first kappa shape index (κ1) is 17.1. The minimum atomic E-state index is -0.283. The van der Waals surface area contributed by atoms with Gasteiger partial charge in [-0.25, -0.2) is 14.8 Å².